The quantitative estimate of drug-likeness (QED) is 0.812. The summed E-state index contributed by atoms with van der Waals surface area (Å²) in [4.78, 5) is 12.2. The van der Waals surface area contributed by atoms with Gasteiger partial charge in [-0.1, -0.05) is 27.5 Å². The van der Waals surface area contributed by atoms with E-state index in [2.05, 4.69) is 21.0 Å². The minimum absolute atomic E-state index is 0.109. The van der Waals surface area contributed by atoms with E-state index in [1.54, 1.807) is 35.3 Å². The van der Waals surface area contributed by atoms with Crippen LogP contribution in [0.25, 0.3) is 0 Å². The first-order valence-electron chi connectivity index (χ1n) is 5.14. The summed E-state index contributed by atoms with van der Waals surface area (Å²) in [6, 6.07) is 5.21. The van der Waals surface area contributed by atoms with Crippen molar-refractivity contribution in [3.63, 3.8) is 0 Å². The molecular formula is C12H10BrClN2O. The fourth-order valence-electron chi connectivity index (χ4n) is 1.48. The Morgan fingerprint density at radius 2 is 2.29 bits per heavy atom. The molecule has 0 amide bonds. The van der Waals surface area contributed by atoms with Gasteiger partial charge in [-0.2, -0.15) is 5.10 Å². The van der Waals surface area contributed by atoms with Gasteiger partial charge < -0.3 is 0 Å². The van der Waals surface area contributed by atoms with E-state index in [1.807, 2.05) is 6.92 Å². The van der Waals surface area contributed by atoms with E-state index in [-0.39, 0.29) is 5.78 Å². The summed E-state index contributed by atoms with van der Waals surface area (Å²) >= 11 is 9.34. The molecule has 0 atom stereocenters. The van der Waals surface area contributed by atoms with Gasteiger partial charge in [-0.3, -0.25) is 9.48 Å². The highest BCUT2D eigenvalue weighted by Gasteiger charge is 2.14. The van der Waals surface area contributed by atoms with E-state index in [4.69, 9.17) is 11.6 Å². The Balaban J connectivity index is 2.36. The molecule has 1 aromatic carbocycles. The molecule has 1 aromatic heterocycles. The third-order valence-corrected chi connectivity index (χ3v) is 3.20. The molecule has 0 bridgehead atoms. The number of hydrogen-bond acceptors (Lipinski definition) is 2. The van der Waals surface area contributed by atoms with E-state index < -0.39 is 0 Å². The number of hydrogen-bond donors (Lipinski definition) is 0. The van der Waals surface area contributed by atoms with Gasteiger partial charge in [-0.15, -0.1) is 0 Å². The summed E-state index contributed by atoms with van der Waals surface area (Å²) in [5.41, 5.74) is 1.04. The van der Waals surface area contributed by atoms with Gasteiger partial charge >= 0.3 is 0 Å². The lowest BCUT2D eigenvalue weighted by Crippen LogP contribution is -2.01. The van der Waals surface area contributed by atoms with E-state index >= 15 is 0 Å². The molecule has 1 heterocycles. The number of carbonyl (C=O) groups is 1. The van der Waals surface area contributed by atoms with Crippen molar-refractivity contribution < 1.29 is 4.79 Å². The zero-order valence-electron chi connectivity index (χ0n) is 9.15. The van der Waals surface area contributed by atoms with E-state index in [0.29, 0.717) is 16.1 Å². The Hall–Kier alpha value is -1.13. The zero-order chi connectivity index (χ0) is 12.4. The maximum atomic E-state index is 12.2. The number of aromatic nitrogens is 2. The van der Waals surface area contributed by atoms with E-state index in [9.17, 15) is 4.79 Å². The average Bonchev–Trinajstić information content (AvgIpc) is 2.76. The van der Waals surface area contributed by atoms with Gasteiger partial charge in [0.05, 0.1) is 16.8 Å². The summed E-state index contributed by atoms with van der Waals surface area (Å²) in [7, 11) is 0. The van der Waals surface area contributed by atoms with Crippen molar-refractivity contribution in [2.24, 2.45) is 0 Å². The Bertz CT molecular complexity index is 565. The van der Waals surface area contributed by atoms with Gasteiger partial charge in [-0.05, 0) is 25.1 Å². The molecule has 0 aliphatic carbocycles. The minimum Gasteiger partial charge on any atom is -0.288 e. The van der Waals surface area contributed by atoms with Crippen LogP contribution >= 0.6 is 27.5 Å². The molecule has 5 heteroatoms. The van der Waals surface area contributed by atoms with Crippen LogP contribution in [-0.4, -0.2) is 15.6 Å². The molecular weight excluding hydrogens is 304 g/mol. The van der Waals surface area contributed by atoms with Gasteiger partial charge in [0.15, 0.2) is 5.78 Å². The van der Waals surface area contributed by atoms with Crippen molar-refractivity contribution in [3.05, 3.63) is 51.2 Å². The molecule has 0 N–H and O–H groups in total. The molecule has 88 valence electrons. The van der Waals surface area contributed by atoms with Crippen LogP contribution in [0.4, 0.5) is 0 Å². The van der Waals surface area contributed by atoms with Crippen molar-refractivity contribution in [3.8, 4) is 0 Å². The predicted octanol–water partition coefficient (Wildman–Crippen LogP) is 3.55. The topological polar surface area (TPSA) is 34.9 Å². The fourth-order valence-corrected chi connectivity index (χ4v) is 2.24. The number of halogens is 2. The van der Waals surface area contributed by atoms with Gasteiger partial charge in [0, 0.05) is 22.8 Å². The maximum Gasteiger partial charge on any atom is 0.197 e. The first-order valence-corrected chi connectivity index (χ1v) is 6.31. The summed E-state index contributed by atoms with van der Waals surface area (Å²) in [5.74, 6) is -0.109. The lowest BCUT2D eigenvalue weighted by molar-refractivity contribution is 0.103. The summed E-state index contributed by atoms with van der Waals surface area (Å²) in [6.45, 7) is 2.70. The smallest absolute Gasteiger partial charge is 0.197 e. The van der Waals surface area contributed by atoms with Crippen LogP contribution in [0.1, 0.15) is 22.8 Å². The number of rotatable bonds is 3. The zero-order valence-corrected chi connectivity index (χ0v) is 11.5. The molecule has 2 aromatic rings. The van der Waals surface area contributed by atoms with E-state index in [1.165, 1.54) is 0 Å². The Kier molecular flexibility index (Phi) is 3.64. The highest BCUT2D eigenvalue weighted by atomic mass is 79.9. The standard InChI is InChI=1S/C12H10BrClN2O/c1-2-16-7-8(6-15-16)12(17)10-4-3-9(13)5-11(10)14/h3-7H,2H2,1H3. The van der Waals surface area contributed by atoms with Gasteiger partial charge in [0.1, 0.15) is 0 Å². The van der Waals surface area contributed by atoms with Crippen LogP contribution in [0.15, 0.2) is 35.1 Å². The molecule has 0 aliphatic heterocycles. The van der Waals surface area contributed by atoms with Crippen molar-refractivity contribution in [1.29, 1.82) is 0 Å². The van der Waals surface area contributed by atoms with Crippen LogP contribution in [0.2, 0.25) is 5.02 Å². The monoisotopic (exact) mass is 312 g/mol. The average molecular weight is 314 g/mol. The second-order valence-electron chi connectivity index (χ2n) is 3.54. The molecule has 0 spiro atoms. The molecule has 0 fully saturated rings. The first kappa shape index (κ1) is 12.3. The van der Waals surface area contributed by atoms with Crippen molar-refractivity contribution in [2.75, 3.05) is 0 Å². The molecule has 0 saturated heterocycles. The second kappa shape index (κ2) is 5.02. The SMILES string of the molecule is CCn1cc(C(=O)c2ccc(Br)cc2Cl)cn1. The first-order chi connectivity index (χ1) is 8.11. The molecule has 2 rings (SSSR count). The Morgan fingerprint density at radius 3 is 2.88 bits per heavy atom. The number of carbonyl (C=O) groups excluding carboxylic acids is 1. The number of aryl methyl sites for hydroxylation is 1. The Labute approximate surface area is 113 Å². The number of nitrogens with zero attached hydrogens (tertiary/aromatic N) is 2. The predicted molar refractivity (Wildman–Crippen MR) is 70.5 cm³/mol. The van der Waals surface area contributed by atoms with Gasteiger partial charge in [0.2, 0.25) is 0 Å². The summed E-state index contributed by atoms with van der Waals surface area (Å²) in [6.07, 6.45) is 3.28. The number of benzene rings is 1. The maximum absolute atomic E-state index is 12.2. The highest BCUT2D eigenvalue weighted by molar-refractivity contribution is 9.10. The Morgan fingerprint density at radius 1 is 1.53 bits per heavy atom. The third-order valence-electron chi connectivity index (χ3n) is 2.40. The van der Waals surface area contributed by atoms with Crippen LogP contribution < -0.4 is 0 Å². The van der Waals surface area contributed by atoms with Crippen LogP contribution in [-0.2, 0) is 6.54 Å². The molecule has 0 radical (unpaired) electrons. The lowest BCUT2D eigenvalue weighted by atomic mass is 10.1. The largest absolute Gasteiger partial charge is 0.288 e. The van der Waals surface area contributed by atoms with Crippen LogP contribution in [0.5, 0.6) is 0 Å². The summed E-state index contributed by atoms with van der Waals surface area (Å²) < 4.78 is 2.56. The van der Waals surface area contributed by atoms with Crippen LogP contribution in [0, 0.1) is 0 Å². The van der Waals surface area contributed by atoms with Crippen LogP contribution in [0.3, 0.4) is 0 Å². The lowest BCUT2D eigenvalue weighted by Gasteiger charge is -2.01. The van der Waals surface area contributed by atoms with Crippen molar-refractivity contribution in [1.82, 2.24) is 9.78 Å². The normalized spacial score (nSPS) is 10.5. The summed E-state index contributed by atoms with van der Waals surface area (Å²) in [5, 5.41) is 4.51. The fraction of sp³-hybridized carbons (Fsp3) is 0.167. The molecule has 0 unspecified atom stereocenters. The van der Waals surface area contributed by atoms with E-state index in [0.717, 1.165) is 11.0 Å². The minimum atomic E-state index is -0.109. The van der Waals surface area contributed by atoms with Gasteiger partial charge in [-0.25, -0.2) is 0 Å². The molecule has 3 nitrogen and oxygen atoms in total. The highest BCUT2D eigenvalue weighted by Crippen LogP contribution is 2.23. The molecule has 0 saturated carbocycles. The van der Waals surface area contributed by atoms with Gasteiger partial charge in [0.25, 0.3) is 0 Å². The van der Waals surface area contributed by atoms with Crippen molar-refractivity contribution >= 4 is 33.3 Å². The molecule has 0 aliphatic rings. The third kappa shape index (κ3) is 2.58. The second-order valence-corrected chi connectivity index (χ2v) is 4.86. The number of ketones is 1. The molecule has 17 heavy (non-hydrogen) atoms. The van der Waals surface area contributed by atoms with Crippen molar-refractivity contribution in [2.45, 2.75) is 13.5 Å².